The van der Waals surface area contributed by atoms with Gasteiger partial charge in [-0.2, -0.15) is 4.98 Å². The summed E-state index contributed by atoms with van der Waals surface area (Å²) in [5.74, 6) is 4.02. The zero-order chi connectivity index (χ0) is 22.0. The minimum absolute atomic E-state index is 0.140. The first kappa shape index (κ1) is 18.7. The highest BCUT2D eigenvalue weighted by molar-refractivity contribution is 5.68. The molecule has 32 heavy (non-hydrogen) atoms. The van der Waals surface area contributed by atoms with Crippen LogP contribution in [0.1, 0.15) is 23.2 Å². The molecule has 2 aliphatic rings. The first-order valence-electron chi connectivity index (χ1n) is 10.2. The van der Waals surface area contributed by atoms with Crippen LogP contribution in [0.25, 0.3) is 11.2 Å². The summed E-state index contributed by atoms with van der Waals surface area (Å²) < 4.78 is 22.9. The van der Waals surface area contributed by atoms with E-state index < -0.39 is 0 Å². The molecule has 1 aliphatic carbocycles. The van der Waals surface area contributed by atoms with Crippen LogP contribution in [0.2, 0.25) is 0 Å². The zero-order valence-electron chi connectivity index (χ0n) is 17.1. The SMILES string of the molecule is C#Cc1ccc(N2C[C@@H]3C(c4noc(Cn5cnc6ncn(C)c6c5=O)n4)[C@@H]3C2)c(F)c1. The van der Waals surface area contributed by atoms with Crippen LogP contribution in [0.4, 0.5) is 10.1 Å². The summed E-state index contributed by atoms with van der Waals surface area (Å²) in [5, 5.41) is 4.14. The Morgan fingerprint density at radius 1 is 1.25 bits per heavy atom. The maximum atomic E-state index is 14.4. The second-order valence-electron chi connectivity index (χ2n) is 8.32. The summed E-state index contributed by atoms with van der Waals surface area (Å²) in [6, 6.07) is 4.88. The predicted octanol–water partition coefficient (Wildman–Crippen LogP) is 1.53. The molecular weight excluding hydrogens is 413 g/mol. The van der Waals surface area contributed by atoms with E-state index in [-0.39, 0.29) is 23.8 Å². The summed E-state index contributed by atoms with van der Waals surface area (Å²) in [5.41, 5.74) is 1.71. The number of rotatable bonds is 4. The Morgan fingerprint density at radius 2 is 2.03 bits per heavy atom. The normalized spacial score (nSPS) is 21.7. The molecule has 0 spiro atoms. The van der Waals surface area contributed by atoms with Crippen LogP contribution in [0, 0.1) is 30.0 Å². The van der Waals surface area contributed by atoms with Crippen LogP contribution < -0.4 is 10.5 Å². The quantitative estimate of drug-likeness (QED) is 0.452. The number of imidazole rings is 1. The molecule has 1 aromatic carbocycles. The Bertz CT molecular complexity index is 1450. The molecule has 1 saturated carbocycles. The minimum atomic E-state index is -0.301. The van der Waals surface area contributed by atoms with E-state index in [0.29, 0.717) is 46.0 Å². The van der Waals surface area contributed by atoms with E-state index in [1.54, 1.807) is 30.1 Å². The number of benzene rings is 1. The van der Waals surface area contributed by atoms with Crippen molar-refractivity contribution in [3.63, 3.8) is 0 Å². The molecular formula is C22H18FN7O2. The number of anilines is 1. The molecule has 3 aromatic heterocycles. The van der Waals surface area contributed by atoms with Gasteiger partial charge >= 0.3 is 0 Å². The van der Waals surface area contributed by atoms with Crippen LogP contribution in [-0.4, -0.2) is 42.3 Å². The molecule has 3 atom stereocenters. The lowest BCUT2D eigenvalue weighted by Gasteiger charge is -2.22. The highest BCUT2D eigenvalue weighted by Gasteiger charge is 2.58. The van der Waals surface area contributed by atoms with Crippen molar-refractivity contribution in [3.8, 4) is 12.3 Å². The van der Waals surface area contributed by atoms with Gasteiger partial charge in [-0.25, -0.2) is 14.4 Å². The number of hydrogen-bond acceptors (Lipinski definition) is 7. The summed E-state index contributed by atoms with van der Waals surface area (Å²) >= 11 is 0. The number of nitrogens with zero attached hydrogens (tertiary/aromatic N) is 7. The summed E-state index contributed by atoms with van der Waals surface area (Å²) in [6.07, 6.45) is 8.33. The molecule has 0 amide bonds. The standard InChI is InChI=1S/C22H18FN7O2/c1-3-12-4-5-16(15(23)6-12)29-7-13-14(8-29)18(13)20-26-17(32-27-20)9-30-11-25-21-19(22(30)31)28(2)10-24-21/h1,4-6,10-11,13-14,18H,7-9H2,2H3/t13-,14+,18?. The van der Waals surface area contributed by atoms with E-state index >= 15 is 0 Å². The van der Waals surface area contributed by atoms with E-state index in [4.69, 9.17) is 10.9 Å². The fourth-order valence-electron chi connectivity index (χ4n) is 4.76. The van der Waals surface area contributed by atoms with Crippen molar-refractivity contribution >= 4 is 16.9 Å². The van der Waals surface area contributed by atoms with Crippen LogP contribution in [0.5, 0.6) is 0 Å². The third-order valence-corrected chi connectivity index (χ3v) is 6.44. The van der Waals surface area contributed by atoms with E-state index in [1.807, 2.05) is 4.90 Å². The first-order valence-corrected chi connectivity index (χ1v) is 10.2. The van der Waals surface area contributed by atoms with Gasteiger partial charge in [0.25, 0.3) is 5.56 Å². The average Bonchev–Trinajstić information content (AvgIpc) is 3.20. The van der Waals surface area contributed by atoms with Gasteiger partial charge in [-0.05, 0) is 30.0 Å². The Balaban J connectivity index is 1.16. The van der Waals surface area contributed by atoms with E-state index in [0.717, 1.165) is 13.1 Å². The second-order valence-corrected chi connectivity index (χ2v) is 8.32. The van der Waals surface area contributed by atoms with Crippen molar-refractivity contribution in [1.82, 2.24) is 29.2 Å². The molecule has 1 unspecified atom stereocenters. The fourth-order valence-corrected chi connectivity index (χ4v) is 4.76. The van der Waals surface area contributed by atoms with Gasteiger partial charge in [0.1, 0.15) is 18.7 Å². The molecule has 0 radical (unpaired) electrons. The van der Waals surface area contributed by atoms with Crippen LogP contribution >= 0.6 is 0 Å². The Labute approximate surface area is 181 Å². The van der Waals surface area contributed by atoms with Crippen molar-refractivity contribution in [2.24, 2.45) is 18.9 Å². The fraction of sp³-hybridized carbons (Fsp3) is 0.318. The average molecular weight is 431 g/mol. The Morgan fingerprint density at radius 3 is 2.78 bits per heavy atom. The lowest BCUT2D eigenvalue weighted by atomic mass is 10.1. The minimum Gasteiger partial charge on any atom is -0.369 e. The summed E-state index contributed by atoms with van der Waals surface area (Å²) in [7, 11) is 1.75. The maximum Gasteiger partial charge on any atom is 0.280 e. The third kappa shape index (κ3) is 2.81. The second kappa shape index (κ2) is 6.75. The summed E-state index contributed by atoms with van der Waals surface area (Å²) in [6.45, 7) is 1.60. The lowest BCUT2D eigenvalue weighted by Crippen LogP contribution is -2.24. The Kier molecular flexibility index (Phi) is 3.95. The molecule has 9 nitrogen and oxygen atoms in total. The number of aryl methyl sites for hydroxylation is 1. The van der Waals surface area contributed by atoms with Gasteiger partial charge in [0.15, 0.2) is 17.0 Å². The molecule has 4 heterocycles. The molecule has 1 aliphatic heterocycles. The summed E-state index contributed by atoms with van der Waals surface area (Å²) in [4.78, 5) is 27.5. The predicted molar refractivity (Wildman–Crippen MR) is 112 cm³/mol. The van der Waals surface area contributed by atoms with Crippen LogP contribution in [0.15, 0.2) is 40.2 Å². The van der Waals surface area contributed by atoms with Crippen molar-refractivity contribution in [3.05, 3.63) is 64.3 Å². The smallest absolute Gasteiger partial charge is 0.280 e. The zero-order valence-corrected chi connectivity index (χ0v) is 17.1. The van der Waals surface area contributed by atoms with E-state index in [2.05, 4.69) is 26.0 Å². The van der Waals surface area contributed by atoms with Crippen molar-refractivity contribution < 1.29 is 8.91 Å². The highest BCUT2D eigenvalue weighted by Crippen LogP contribution is 2.58. The number of halogens is 1. The van der Waals surface area contributed by atoms with Gasteiger partial charge in [0.05, 0.1) is 12.0 Å². The van der Waals surface area contributed by atoms with Gasteiger partial charge in [-0.1, -0.05) is 11.1 Å². The number of fused-ring (bicyclic) bond motifs is 2. The topological polar surface area (TPSA) is 94.9 Å². The number of aromatic nitrogens is 6. The molecule has 0 N–H and O–H groups in total. The van der Waals surface area contributed by atoms with Crippen molar-refractivity contribution in [2.45, 2.75) is 12.5 Å². The van der Waals surface area contributed by atoms with Crippen molar-refractivity contribution in [1.29, 1.82) is 0 Å². The maximum absolute atomic E-state index is 14.4. The molecule has 10 heteroatoms. The molecule has 2 fully saturated rings. The molecule has 0 bridgehead atoms. The Hall–Kier alpha value is -4.00. The molecule has 160 valence electrons. The van der Waals surface area contributed by atoms with Crippen molar-refractivity contribution in [2.75, 3.05) is 18.0 Å². The third-order valence-electron chi connectivity index (χ3n) is 6.44. The largest absolute Gasteiger partial charge is 0.369 e. The first-order chi connectivity index (χ1) is 15.5. The molecule has 1 saturated heterocycles. The number of hydrogen-bond donors (Lipinski definition) is 0. The number of terminal acetylenes is 1. The van der Waals surface area contributed by atoms with E-state index in [9.17, 15) is 9.18 Å². The van der Waals surface area contributed by atoms with Gasteiger partial charge in [0, 0.05) is 31.6 Å². The molecule has 6 rings (SSSR count). The van der Waals surface area contributed by atoms with Gasteiger partial charge in [-0.15, -0.1) is 6.42 Å². The van der Waals surface area contributed by atoms with Gasteiger partial charge in [0.2, 0.25) is 5.89 Å². The van der Waals surface area contributed by atoms with Gasteiger partial charge in [-0.3, -0.25) is 9.36 Å². The van der Waals surface area contributed by atoms with Gasteiger partial charge < -0.3 is 14.0 Å². The highest BCUT2D eigenvalue weighted by atomic mass is 19.1. The monoisotopic (exact) mass is 431 g/mol. The lowest BCUT2D eigenvalue weighted by molar-refractivity contribution is 0.363. The molecule has 4 aromatic rings. The number of piperidine rings is 1. The van der Waals surface area contributed by atoms with E-state index in [1.165, 1.54) is 17.0 Å². The van der Waals surface area contributed by atoms with Crippen LogP contribution in [0.3, 0.4) is 0 Å². The van der Waals surface area contributed by atoms with Crippen LogP contribution in [-0.2, 0) is 13.6 Å².